The van der Waals surface area contributed by atoms with Gasteiger partial charge in [-0.1, -0.05) is 25.2 Å². The SMILES string of the molecule is C[Si](C)(CCCN(C(=O)C(F)(F)F)C(=O)C(F)(F)F)CCCN(C(=O)C(F)(F)F)C(=O)C(F)(F)F. The predicted octanol–water partition coefficient (Wildman–Crippen LogP) is 4.43. The average molecular weight is 558 g/mol. The van der Waals surface area contributed by atoms with E-state index in [-0.39, 0.29) is 12.1 Å². The second kappa shape index (κ2) is 11.1. The maximum Gasteiger partial charge on any atom is 0.471 e. The first kappa shape index (κ1) is 32.7. The van der Waals surface area contributed by atoms with E-state index in [1.807, 2.05) is 0 Å². The summed E-state index contributed by atoms with van der Waals surface area (Å²) in [6.45, 7) is 0.211. The molecule has 4 amide bonds. The van der Waals surface area contributed by atoms with E-state index in [1.165, 1.54) is 13.1 Å². The molecule has 0 aliphatic carbocycles. The number of carbonyl (C=O) groups excluding carboxylic acids is 4. The smallest absolute Gasteiger partial charge is 0.267 e. The Balaban J connectivity index is 5.26. The number of carbonyl (C=O) groups is 4. The van der Waals surface area contributed by atoms with Crippen LogP contribution in [0, 0.1) is 0 Å². The van der Waals surface area contributed by atoms with Crippen LogP contribution in [0.25, 0.3) is 0 Å². The van der Waals surface area contributed by atoms with Gasteiger partial charge in [0.1, 0.15) is 0 Å². The topological polar surface area (TPSA) is 74.8 Å². The third kappa shape index (κ3) is 10.4. The van der Waals surface area contributed by atoms with E-state index in [2.05, 4.69) is 0 Å². The molecule has 6 nitrogen and oxygen atoms in total. The summed E-state index contributed by atoms with van der Waals surface area (Å²) in [4.78, 5) is 42.6. The molecule has 35 heavy (non-hydrogen) atoms. The number of hydrogen-bond donors (Lipinski definition) is 0. The minimum absolute atomic E-state index is 0.208. The van der Waals surface area contributed by atoms with E-state index in [9.17, 15) is 71.9 Å². The molecule has 0 N–H and O–H groups in total. The molecular formula is C16H18F12N2O4Si. The van der Waals surface area contributed by atoms with E-state index < -0.39 is 92.1 Å². The summed E-state index contributed by atoms with van der Waals surface area (Å²) in [7, 11) is -2.78. The van der Waals surface area contributed by atoms with Crippen LogP contribution in [0.2, 0.25) is 25.2 Å². The third-order valence-corrected chi connectivity index (χ3v) is 7.84. The van der Waals surface area contributed by atoms with Crippen LogP contribution in [0.3, 0.4) is 0 Å². The second-order valence-electron chi connectivity index (χ2n) is 7.89. The molecule has 204 valence electrons. The van der Waals surface area contributed by atoms with E-state index in [0.717, 1.165) is 0 Å². The van der Waals surface area contributed by atoms with E-state index in [4.69, 9.17) is 0 Å². The molecule has 0 aliphatic rings. The lowest BCUT2D eigenvalue weighted by Gasteiger charge is -2.27. The summed E-state index contributed by atoms with van der Waals surface area (Å²) in [5.74, 6) is -12.3. The molecule has 0 heterocycles. The zero-order chi connectivity index (χ0) is 28.2. The van der Waals surface area contributed by atoms with Crippen LogP contribution in [-0.4, -0.2) is 79.3 Å². The van der Waals surface area contributed by atoms with Crippen molar-refractivity contribution in [1.82, 2.24) is 9.80 Å². The van der Waals surface area contributed by atoms with Crippen LogP contribution in [-0.2, 0) is 19.2 Å². The Morgan fingerprint density at radius 2 is 0.714 bits per heavy atom. The van der Waals surface area contributed by atoms with E-state index >= 15 is 0 Å². The van der Waals surface area contributed by atoms with Crippen molar-refractivity contribution in [2.24, 2.45) is 0 Å². The van der Waals surface area contributed by atoms with Gasteiger partial charge in [-0.25, -0.2) is 0 Å². The fourth-order valence-corrected chi connectivity index (χ4v) is 5.24. The van der Waals surface area contributed by atoms with Crippen LogP contribution >= 0.6 is 0 Å². The van der Waals surface area contributed by atoms with Gasteiger partial charge in [0.15, 0.2) is 0 Å². The normalized spacial score (nSPS) is 13.4. The molecule has 0 aliphatic heterocycles. The minimum Gasteiger partial charge on any atom is -0.267 e. The molecular weight excluding hydrogens is 540 g/mol. The molecule has 0 aromatic heterocycles. The number of alkyl halides is 12. The molecule has 0 unspecified atom stereocenters. The standard InChI is InChI=1S/C16H18F12N2O4Si/c1-35(2,7-3-5-29(9(31)13(17,18)19)10(32)14(20,21)22)8-4-6-30(11(33)15(23,24)25)12(34)16(26,27)28/h3-8H2,1-2H3. The number of amides is 4. The highest BCUT2D eigenvalue weighted by atomic mass is 28.3. The molecule has 0 atom stereocenters. The summed E-state index contributed by atoms with van der Waals surface area (Å²) in [6.07, 6.45) is -24.4. The quantitative estimate of drug-likeness (QED) is 0.327. The molecule has 0 aromatic rings. The Labute approximate surface area is 190 Å². The van der Waals surface area contributed by atoms with Gasteiger partial charge in [-0.3, -0.25) is 29.0 Å². The van der Waals surface area contributed by atoms with Gasteiger partial charge in [-0.2, -0.15) is 52.7 Å². The molecule has 0 saturated carbocycles. The fraction of sp³-hybridized carbons (Fsp3) is 0.750. The highest BCUT2D eigenvalue weighted by Gasteiger charge is 2.53. The van der Waals surface area contributed by atoms with Crippen molar-refractivity contribution in [3.05, 3.63) is 0 Å². The lowest BCUT2D eigenvalue weighted by atomic mass is 10.3. The van der Waals surface area contributed by atoms with Gasteiger partial charge in [0.05, 0.1) is 0 Å². The Bertz CT molecular complexity index is 686. The number of nitrogens with zero attached hydrogens (tertiary/aromatic N) is 2. The third-order valence-electron chi connectivity index (χ3n) is 4.42. The van der Waals surface area contributed by atoms with Crippen molar-refractivity contribution in [3.8, 4) is 0 Å². The van der Waals surface area contributed by atoms with Gasteiger partial charge in [0.2, 0.25) is 0 Å². The van der Waals surface area contributed by atoms with E-state index in [1.54, 1.807) is 0 Å². The lowest BCUT2D eigenvalue weighted by molar-refractivity contribution is -0.204. The predicted molar refractivity (Wildman–Crippen MR) is 94.0 cm³/mol. The largest absolute Gasteiger partial charge is 0.471 e. The highest BCUT2D eigenvalue weighted by Crippen LogP contribution is 2.28. The Morgan fingerprint density at radius 1 is 0.514 bits per heavy atom. The van der Waals surface area contributed by atoms with Crippen LogP contribution in [0.1, 0.15) is 12.8 Å². The number of halogens is 12. The second-order valence-corrected chi connectivity index (χ2v) is 13.2. The van der Waals surface area contributed by atoms with Crippen molar-refractivity contribution in [2.75, 3.05) is 13.1 Å². The van der Waals surface area contributed by atoms with Crippen LogP contribution in [0.15, 0.2) is 0 Å². The summed E-state index contributed by atoms with van der Waals surface area (Å²) in [5, 5.41) is 0. The molecule has 0 bridgehead atoms. The monoisotopic (exact) mass is 558 g/mol. The Morgan fingerprint density at radius 3 is 0.886 bits per heavy atom. The number of hydrogen-bond acceptors (Lipinski definition) is 4. The number of rotatable bonds is 8. The maximum absolute atomic E-state index is 12.5. The average Bonchev–Trinajstić information content (AvgIpc) is 2.63. The first-order valence-electron chi connectivity index (χ1n) is 9.32. The molecule has 0 radical (unpaired) electrons. The van der Waals surface area contributed by atoms with Crippen molar-refractivity contribution < 1.29 is 71.9 Å². The van der Waals surface area contributed by atoms with E-state index in [0.29, 0.717) is 0 Å². The first-order valence-corrected chi connectivity index (χ1v) is 12.7. The summed E-state index contributed by atoms with van der Waals surface area (Å²) in [5.41, 5.74) is 0. The van der Waals surface area contributed by atoms with Gasteiger partial charge in [0, 0.05) is 21.2 Å². The van der Waals surface area contributed by atoms with Gasteiger partial charge < -0.3 is 0 Å². The maximum atomic E-state index is 12.5. The number of imide groups is 2. The van der Waals surface area contributed by atoms with Crippen LogP contribution in [0.4, 0.5) is 52.7 Å². The first-order chi connectivity index (χ1) is 15.3. The van der Waals surface area contributed by atoms with Crippen molar-refractivity contribution >= 4 is 31.7 Å². The van der Waals surface area contributed by atoms with Crippen LogP contribution < -0.4 is 0 Å². The molecule has 0 saturated heterocycles. The summed E-state index contributed by atoms with van der Waals surface area (Å²) in [6, 6.07) is -0.416. The molecule has 0 fully saturated rings. The summed E-state index contributed by atoms with van der Waals surface area (Å²) < 4.78 is 150. The molecule has 19 heteroatoms. The van der Waals surface area contributed by atoms with Gasteiger partial charge in [-0.15, -0.1) is 0 Å². The fourth-order valence-electron chi connectivity index (χ4n) is 2.76. The van der Waals surface area contributed by atoms with Crippen molar-refractivity contribution in [1.29, 1.82) is 0 Å². The summed E-state index contributed by atoms with van der Waals surface area (Å²) >= 11 is 0. The van der Waals surface area contributed by atoms with Gasteiger partial charge in [0.25, 0.3) is 0 Å². The zero-order valence-corrected chi connectivity index (χ0v) is 18.8. The Hall–Kier alpha value is -2.34. The zero-order valence-electron chi connectivity index (χ0n) is 17.8. The van der Waals surface area contributed by atoms with Crippen molar-refractivity contribution in [3.63, 3.8) is 0 Å². The molecule has 0 rings (SSSR count). The van der Waals surface area contributed by atoms with Gasteiger partial charge >= 0.3 is 48.3 Å². The van der Waals surface area contributed by atoms with Gasteiger partial charge in [-0.05, 0) is 12.8 Å². The minimum atomic E-state index is -5.80. The Kier molecular flexibility index (Phi) is 10.4. The van der Waals surface area contributed by atoms with Crippen LogP contribution in [0.5, 0.6) is 0 Å². The molecule has 0 spiro atoms. The lowest BCUT2D eigenvalue weighted by Crippen LogP contribution is -2.51. The molecule has 0 aromatic carbocycles. The highest BCUT2D eigenvalue weighted by molar-refractivity contribution is 6.77. The van der Waals surface area contributed by atoms with Crippen molar-refractivity contribution in [2.45, 2.75) is 62.7 Å².